The molecule has 4 heteroatoms. The fourth-order valence-electron chi connectivity index (χ4n) is 4.52. The number of halogens is 2. The highest BCUT2D eigenvalue weighted by atomic mass is 79.9. The summed E-state index contributed by atoms with van der Waals surface area (Å²) in [4.78, 5) is 2.40. The Labute approximate surface area is 202 Å². The maximum atomic E-state index is 13.6. The minimum absolute atomic E-state index is 0.170. The Hall–Kier alpha value is -3.11. The number of ether oxygens (including phenoxy) is 1. The molecule has 2 nitrogen and oxygen atoms in total. The Morgan fingerprint density at radius 2 is 1.61 bits per heavy atom. The molecule has 0 aliphatic carbocycles. The van der Waals surface area contributed by atoms with E-state index in [4.69, 9.17) is 4.74 Å². The number of hydrogen-bond donors (Lipinski definition) is 0. The van der Waals surface area contributed by atoms with Crippen molar-refractivity contribution in [3.63, 3.8) is 0 Å². The van der Waals surface area contributed by atoms with E-state index in [1.54, 1.807) is 12.1 Å². The maximum absolute atomic E-state index is 13.6. The van der Waals surface area contributed by atoms with Crippen molar-refractivity contribution in [1.82, 2.24) is 0 Å². The summed E-state index contributed by atoms with van der Waals surface area (Å²) in [7, 11) is 0. The molecule has 33 heavy (non-hydrogen) atoms. The highest BCUT2D eigenvalue weighted by molar-refractivity contribution is 9.10. The Balaban J connectivity index is 1.43. The fourth-order valence-corrected chi connectivity index (χ4v) is 4.79. The van der Waals surface area contributed by atoms with E-state index >= 15 is 0 Å². The number of nitrogens with zero attached hydrogens (tertiary/aromatic N) is 1. The number of rotatable bonds is 6. The highest BCUT2D eigenvalue weighted by Gasteiger charge is 2.28. The Bertz CT molecular complexity index is 1210. The molecule has 4 aromatic rings. The number of fused-ring (bicyclic) bond motifs is 1. The van der Waals surface area contributed by atoms with Crippen LogP contribution in [0.4, 0.5) is 10.1 Å². The van der Waals surface area contributed by atoms with Gasteiger partial charge in [-0.15, -0.1) is 0 Å². The Morgan fingerprint density at radius 1 is 0.848 bits per heavy atom. The van der Waals surface area contributed by atoms with E-state index in [0.717, 1.165) is 40.9 Å². The largest absolute Gasteiger partial charge is 0.489 e. The third-order valence-corrected chi connectivity index (χ3v) is 6.75. The van der Waals surface area contributed by atoms with Crippen LogP contribution in [0.2, 0.25) is 0 Å². The predicted molar refractivity (Wildman–Crippen MR) is 135 cm³/mol. The van der Waals surface area contributed by atoms with Gasteiger partial charge in [-0.3, -0.25) is 0 Å². The standard InChI is InChI=1S/C29H25BrFNO/c30-24-8-6-21(7-9-24)18-29-28-15-14-27(33-20-22-4-2-1-3-5-22)19-23(28)16-17-32(29)26-12-10-25(31)11-13-26/h1-15,19,29H,16-18,20H2. The summed E-state index contributed by atoms with van der Waals surface area (Å²) in [5.74, 6) is 0.691. The molecule has 0 aromatic heterocycles. The summed E-state index contributed by atoms with van der Waals surface area (Å²) in [5, 5.41) is 0. The lowest BCUT2D eigenvalue weighted by Crippen LogP contribution is -2.36. The number of hydrogen-bond acceptors (Lipinski definition) is 2. The van der Waals surface area contributed by atoms with Gasteiger partial charge in [-0.2, -0.15) is 0 Å². The average molecular weight is 502 g/mol. The Morgan fingerprint density at radius 3 is 2.36 bits per heavy atom. The molecule has 1 atom stereocenters. The molecule has 0 spiro atoms. The van der Waals surface area contributed by atoms with Crippen molar-refractivity contribution < 1.29 is 9.13 Å². The van der Waals surface area contributed by atoms with E-state index in [2.05, 4.69) is 75.4 Å². The second-order valence-electron chi connectivity index (χ2n) is 8.40. The van der Waals surface area contributed by atoms with E-state index in [-0.39, 0.29) is 11.9 Å². The molecule has 1 heterocycles. The second-order valence-corrected chi connectivity index (χ2v) is 9.32. The van der Waals surface area contributed by atoms with E-state index in [0.29, 0.717) is 6.61 Å². The molecule has 0 N–H and O–H groups in total. The normalized spacial score (nSPS) is 15.2. The zero-order valence-corrected chi connectivity index (χ0v) is 19.8. The van der Waals surface area contributed by atoms with Crippen molar-refractivity contribution >= 4 is 21.6 Å². The van der Waals surface area contributed by atoms with Crippen LogP contribution < -0.4 is 9.64 Å². The SMILES string of the molecule is Fc1ccc(N2CCc3cc(OCc4ccccc4)ccc3C2Cc2ccc(Br)cc2)cc1. The summed E-state index contributed by atoms with van der Waals surface area (Å²) in [5.41, 5.74) is 6.11. The van der Waals surface area contributed by atoms with Crippen LogP contribution in [-0.2, 0) is 19.4 Å². The van der Waals surface area contributed by atoms with E-state index < -0.39 is 0 Å². The van der Waals surface area contributed by atoms with Crippen LogP contribution in [-0.4, -0.2) is 6.54 Å². The van der Waals surface area contributed by atoms with Gasteiger partial charge in [0, 0.05) is 16.7 Å². The van der Waals surface area contributed by atoms with Crippen LogP contribution in [0, 0.1) is 5.82 Å². The molecule has 0 saturated carbocycles. The molecular weight excluding hydrogens is 477 g/mol. The van der Waals surface area contributed by atoms with Gasteiger partial charge in [0.2, 0.25) is 0 Å². The smallest absolute Gasteiger partial charge is 0.123 e. The predicted octanol–water partition coefficient (Wildman–Crippen LogP) is 7.51. The Kier molecular flexibility index (Phi) is 6.45. The topological polar surface area (TPSA) is 12.5 Å². The van der Waals surface area contributed by atoms with Gasteiger partial charge in [0.1, 0.15) is 18.2 Å². The monoisotopic (exact) mass is 501 g/mol. The molecule has 4 aromatic carbocycles. The third-order valence-electron chi connectivity index (χ3n) is 6.22. The van der Waals surface area contributed by atoms with Crippen LogP contribution >= 0.6 is 15.9 Å². The fraction of sp³-hybridized carbons (Fsp3) is 0.172. The van der Waals surface area contributed by atoms with E-state index in [1.165, 1.54) is 16.7 Å². The van der Waals surface area contributed by atoms with E-state index in [9.17, 15) is 4.39 Å². The second kappa shape index (κ2) is 9.80. The first-order chi connectivity index (χ1) is 16.2. The van der Waals surface area contributed by atoms with Crippen LogP contribution in [0.15, 0.2) is 102 Å². The van der Waals surface area contributed by atoms with Crippen molar-refractivity contribution in [3.8, 4) is 5.75 Å². The molecule has 0 radical (unpaired) electrons. The lowest BCUT2D eigenvalue weighted by atomic mass is 9.88. The van der Waals surface area contributed by atoms with Gasteiger partial charge in [-0.05, 0) is 83.6 Å². The summed E-state index contributed by atoms with van der Waals surface area (Å²) >= 11 is 3.53. The summed E-state index contributed by atoms with van der Waals surface area (Å²) in [6, 6.07) is 32.2. The highest BCUT2D eigenvalue weighted by Crippen LogP contribution is 2.37. The van der Waals surface area contributed by atoms with Crippen molar-refractivity contribution in [2.45, 2.75) is 25.5 Å². The van der Waals surface area contributed by atoms with Crippen LogP contribution in [0.5, 0.6) is 5.75 Å². The minimum atomic E-state index is -0.208. The first-order valence-corrected chi connectivity index (χ1v) is 12.0. The minimum Gasteiger partial charge on any atom is -0.489 e. The summed E-state index contributed by atoms with van der Waals surface area (Å²) < 4.78 is 20.7. The van der Waals surface area contributed by atoms with Crippen LogP contribution in [0.25, 0.3) is 0 Å². The third kappa shape index (κ3) is 5.12. The molecule has 1 aliphatic rings. The van der Waals surface area contributed by atoms with Crippen molar-refractivity contribution in [2.75, 3.05) is 11.4 Å². The quantitative estimate of drug-likeness (QED) is 0.271. The van der Waals surface area contributed by atoms with Crippen molar-refractivity contribution in [3.05, 3.63) is 130 Å². The molecule has 0 bridgehead atoms. The first kappa shape index (κ1) is 21.7. The van der Waals surface area contributed by atoms with Gasteiger partial charge < -0.3 is 9.64 Å². The molecule has 1 aliphatic heterocycles. The maximum Gasteiger partial charge on any atom is 0.123 e. The molecule has 1 unspecified atom stereocenters. The van der Waals surface area contributed by atoms with Crippen molar-refractivity contribution in [2.24, 2.45) is 0 Å². The molecular formula is C29H25BrFNO. The lowest BCUT2D eigenvalue weighted by Gasteiger charge is -2.39. The van der Waals surface area contributed by atoms with Gasteiger partial charge in [-0.25, -0.2) is 4.39 Å². The van der Waals surface area contributed by atoms with E-state index in [1.807, 2.05) is 30.3 Å². The molecule has 166 valence electrons. The first-order valence-electron chi connectivity index (χ1n) is 11.2. The molecule has 0 saturated heterocycles. The number of benzene rings is 4. The molecule has 0 amide bonds. The van der Waals surface area contributed by atoms with Gasteiger partial charge in [0.15, 0.2) is 0 Å². The summed E-state index contributed by atoms with van der Waals surface area (Å²) in [6.07, 6.45) is 1.80. The molecule has 5 rings (SSSR count). The summed E-state index contributed by atoms with van der Waals surface area (Å²) in [6.45, 7) is 1.44. The lowest BCUT2D eigenvalue weighted by molar-refractivity contribution is 0.305. The van der Waals surface area contributed by atoms with Gasteiger partial charge in [-0.1, -0.05) is 64.5 Å². The van der Waals surface area contributed by atoms with Crippen molar-refractivity contribution in [1.29, 1.82) is 0 Å². The van der Waals surface area contributed by atoms with Gasteiger partial charge >= 0.3 is 0 Å². The average Bonchev–Trinajstić information content (AvgIpc) is 2.85. The van der Waals surface area contributed by atoms with Crippen LogP contribution in [0.3, 0.4) is 0 Å². The zero-order valence-electron chi connectivity index (χ0n) is 18.3. The van der Waals surface area contributed by atoms with Gasteiger partial charge in [0.25, 0.3) is 0 Å². The zero-order chi connectivity index (χ0) is 22.6. The van der Waals surface area contributed by atoms with Crippen LogP contribution in [0.1, 0.15) is 28.3 Å². The van der Waals surface area contributed by atoms with Gasteiger partial charge in [0.05, 0.1) is 6.04 Å². The number of anilines is 1. The molecule has 0 fully saturated rings.